The second-order valence-electron chi connectivity index (χ2n) is 5.96. The lowest BCUT2D eigenvalue weighted by Crippen LogP contribution is -2.39. The van der Waals surface area contributed by atoms with Crippen molar-refractivity contribution in [1.29, 1.82) is 0 Å². The summed E-state index contributed by atoms with van der Waals surface area (Å²) in [4.78, 5) is 18.9. The van der Waals surface area contributed by atoms with E-state index < -0.39 is 6.10 Å². The molecule has 2 aliphatic rings. The van der Waals surface area contributed by atoms with Crippen molar-refractivity contribution in [3.8, 4) is 0 Å². The van der Waals surface area contributed by atoms with E-state index in [4.69, 9.17) is 14.0 Å². The van der Waals surface area contributed by atoms with Crippen LogP contribution in [-0.4, -0.2) is 53.9 Å². The van der Waals surface area contributed by atoms with Crippen LogP contribution < -0.4 is 0 Å². The van der Waals surface area contributed by atoms with Crippen LogP contribution in [0.3, 0.4) is 0 Å². The average Bonchev–Trinajstić information content (AvgIpc) is 3.06. The fraction of sp³-hybridized carbons (Fsp3) is 0.800. The molecule has 1 aromatic rings. The van der Waals surface area contributed by atoms with Crippen molar-refractivity contribution >= 4 is 5.91 Å². The highest BCUT2D eigenvalue weighted by molar-refractivity contribution is 5.81. The number of carbonyl (C=O) groups excluding carboxylic acids is 1. The summed E-state index contributed by atoms with van der Waals surface area (Å²) in [7, 11) is 1.61. The highest BCUT2D eigenvalue weighted by Crippen LogP contribution is 2.40. The van der Waals surface area contributed by atoms with Crippen molar-refractivity contribution < 1.29 is 18.8 Å². The van der Waals surface area contributed by atoms with Crippen LogP contribution in [0, 0.1) is 0 Å². The van der Waals surface area contributed by atoms with E-state index in [2.05, 4.69) is 10.1 Å². The van der Waals surface area contributed by atoms with Crippen LogP contribution in [0.4, 0.5) is 0 Å². The standard InChI is InChI=1S/C15H23N3O4/c1-10(21-9-8-20-2)15(19)18-7-3-4-12(18)13-16-14(22-17-13)11-5-6-11/h10-12H,3-9H2,1-2H3. The van der Waals surface area contributed by atoms with Gasteiger partial charge in [0.05, 0.1) is 19.3 Å². The summed E-state index contributed by atoms with van der Waals surface area (Å²) < 4.78 is 15.8. The van der Waals surface area contributed by atoms with Gasteiger partial charge in [0, 0.05) is 19.6 Å². The van der Waals surface area contributed by atoms with Gasteiger partial charge in [-0.05, 0) is 32.6 Å². The molecule has 7 heteroatoms. The Morgan fingerprint density at radius 3 is 2.95 bits per heavy atom. The van der Waals surface area contributed by atoms with Crippen LogP contribution in [0.1, 0.15) is 56.3 Å². The Labute approximate surface area is 129 Å². The van der Waals surface area contributed by atoms with Gasteiger partial charge >= 0.3 is 0 Å². The molecule has 0 aromatic carbocycles. The minimum absolute atomic E-state index is 0.0172. The van der Waals surface area contributed by atoms with Gasteiger partial charge in [-0.1, -0.05) is 5.16 Å². The van der Waals surface area contributed by atoms with Crippen LogP contribution in [0.5, 0.6) is 0 Å². The second-order valence-corrected chi connectivity index (χ2v) is 5.96. The fourth-order valence-corrected chi connectivity index (χ4v) is 2.79. The van der Waals surface area contributed by atoms with Gasteiger partial charge in [0.2, 0.25) is 5.89 Å². The second kappa shape index (κ2) is 6.75. The average molecular weight is 309 g/mol. The third-order valence-electron chi connectivity index (χ3n) is 4.22. The Hall–Kier alpha value is -1.47. The first-order valence-corrected chi connectivity index (χ1v) is 7.95. The number of amides is 1. The Bertz CT molecular complexity index is 515. The number of hydrogen-bond donors (Lipinski definition) is 0. The molecular weight excluding hydrogens is 286 g/mol. The van der Waals surface area contributed by atoms with Gasteiger partial charge in [-0.25, -0.2) is 0 Å². The highest BCUT2D eigenvalue weighted by atomic mass is 16.5. The molecule has 22 heavy (non-hydrogen) atoms. The van der Waals surface area contributed by atoms with E-state index in [1.165, 1.54) is 0 Å². The van der Waals surface area contributed by atoms with Gasteiger partial charge in [0.15, 0.2) is 5.82 Å². The quantitative estimate of drug-likeness (QED) is 0.713. The van der Waals surface area contributed by atoms with Crippen molar-refractivity contribution in [2.24, 2.45) is 0 Å². The molecule has 122 valence electrons. The molecule has 2 fully saturated rings. The molecule has 2 atom stereocenters. The largest absolute Gasteiger partial charge is 0.382 e. The summed E-state index contributed by atoms with van der Waals surface area (Å²) >= 11 is 0. The maximum atomic E-state index is 12.6. The van der Waals surface area contributed by atoms with E-state index in [0.29, 0.717) is 25.0 Å². The maximum Gasteiger partial charge on any atom is 0.252 e. The molecule has 1 aliphatic heterocycles. The molecule has 1 amide bonds. The lowest BCUT2D eigenvalue weighted by molar-refractivity contribution is -0.144. The van der Waals surface area contributed by atoms with E-state index >= 15 is 0 Å². The number of rotatable bonds is 7. The van der Waals surface area contributed by atoms with E-state index in [-0.39, 0.29) is 11.9 Å². The van der Waals surface area contributed by atoms with E-state index in [1.807, 2.05) is 4.90 Å². The van der Waals surface area contributed by atoms with Crippen molar-refractivity contribution in [3.05, 3.63) is 11.7 Å². The van der Waals surface area contributed by atoms with Gasteiger partial charge in [-0.2, -0.15) is 4.98 Å². The van der Waals surface area contributed by atoms with Crippen LogP contribution in [0.25, 0.3) is 0 Å². The molecular formula is C15H23N3O4. The van der Waals surface area contributed by atoms with Crippen molar-refractivity contribution in [1.82, 2.24) is 15.0 Å². The molecule has 7 nitrogen and oxygen atoms in total. The molecule has 1 aromatic heterocycles. The van der Waals surface area contributed by atoms with Gasteiger partial charge in [-0.15, -0.1) is 0 Å². The molecule has 2 heterocycles. The van der Waals surface area contributed by atoms with Crippen molar-refractivity contribution in [2.75, 3.05) is 26.9 Å². The number of carbonyl (C=O) groups is 1. The fourth-order valence-electron chi connectivity index (χ4n) is 2.79. The summed E-state index contributed by atoms with van der Waals surface area (Å²) in [6, 6.07) is -0.0859. The van der Waals surface area contributed by atoms with Gasteiger partial charge in [-0.3, -0.25) is 4.79 Å². The topological polar surface area (TPSA) is 77.7 Å². The first-order valence-electron chi connectivity index (χ1n) is 7.95. The molecule has 1 saturated carbocycles. The summed E-state index contributed by atoms with van der Waals surface area (Å²) in [6.07, 6.45) is 3.60. The van der Waals surface area contributed by atoms with Crippen molar-refractivity contribution in [3.63, 3.8) is 0 Å². The van der Waals surface area contributed by atoms with Gasteiger partial charge in [0.1, 0.15) is 6.10 Å². The normalized spacial score (nSPS) is 23.0. The number of hydrogen-bond acceptors (Lipinski definition) is 6. The highest BCUT2D eigenvalue weighted by Gasteiger charge is 2.37. The molecule has 1 saturated heterocycles. The van der Waals surface area contributed by atoms with E-state index in [0.717, 1.165) is 38.1 Å². The minimum Gasteiger partial charge on any atom is -0.382 e. The Morgan fingerprint density at radius 2 is 2.23 bits per heavy atom. The molecule has 0 N–H and O–H groups in total. The summed E-state index contributed by atoms with van der Waals surface area (Å²) in [5.74, 6) is 1.77. The lowest BCUT2D eigenvalue weighted by atomic mass is 10.2. The Kier molecular flexibility index (Phi) is 4.73. The maximum absolute atomic E-state index is 12.6. The number of methoxy groups -OCH3 is 1. The predicted molar refractivity (Wildman–Crippen MR) is 77.3 cm³/mol. The van der Waals surface area contributed by atoms with E-state index in [9.17, 15) is 4.79 Å². The molecule has 2 unspecified atom stereocenters. The third-order valence-corrected chi connectivity index (χ3v) is 4.22. The first-order chi connectivity index (χ1) is 10.7. The summed E-state index contributed by atoms with van der Waals surface area (Å²) in [5.41, 5.74) is 0. The monoisotopic (exact) mass is 309 g/mol. The number of aromatic nitrogens is 2. The van der Waals surface area contributed by atoms with Gasteiger partial charge in [0.25, 0.3) is 5.91 Å². The molecule has 1 aliphatic carbocycles. The zero-order valence-electron chi connectivity index (χ0n) is 13.2. The molecule has 3 rings (SSSR count). The number of ether oxygens (including phenoxy) is 2. The third kappa shape index (κ3) is 3.30. The van der Waals surface area contributed by atoms with Crippen molar-refractivity contribution in [2.45, 2.75) is 50.7 Å². The van der Waals surface area contributed by atoms with Crippen LogP contribution >= 0.6 is 0 Å². The lowest BCUT2D eigenvalue weighted by Gasteiger charge is -2.25. The first kappa shape index (κ1) is 15.4. The Morgan fingerprint density at radius 1 is 1.41 bits per heavy atom. The van der Waals surface area contributed by atoms with Crippen LogP contribution in [0.15, 0.2) is 4.52 Å². The smallest absolute Gasteiger partial charge is 0.252 e. The Balaban J connectivity index is 1.62. The predicted octanol–water partition coefficient (Wildman–Crippen LogP) is 1.66. The zero-order valence-corrected chi connectivity index (χ0v) is 13.2. The molecule has 0 radical (unpaired) electrons. The van der Waals surface area contributed by atoms with Crippen LogP contribution in [0.2, 0.25) is 0 Å². The molecule has 0 spiro atoms. The minimum atomic E-state index is -0.481. The molecule has 0 bridgehead atoms. The zero-order chi connectivity index (χ0) is 15.5. The SMILES string of the molecule is COCCOC(C)C(=O)N1CCCC1c1noc(C2CC2)n1. The van der Waals surface area contributed by atoms with Crippen LogP contribution in [-0.2, 0) is 14.3 Å². The van der Waals surface area contributed by atoms with E-state index in [1.54, 1.807) is 14.0 Å². The number of nitrogens with zero attached hydrogens (tertiary/aromatic N) is 3. The van der Waals surface area contributed by atoms with Gasteiger partial charge < -0.3 is 18.9 Å². The summed E-state index contributed by atoms with van der Waals surface area (Å²) in [6.45, 7) is 3.39. The summed E-state index contributed by atoms with van der Waals surface area (Å²) in [5, 5.41) is 4.09. The number of likely N-dealkylation sites (tertiary alicyclic amines) is 1.